The third kappa shape index (κ3) is 3.78. The van der Waals surface area contributed by atoms with Crippen molar-refractivity contribution in [3.8, 4) is 0 Å². The summed E-state index contributed by atoms with van der Waals surface area (Å²) < 4.78 is 5.94. The summed E-state index contributed by atoms with van der Waals surface area (Å²) in [5.74, 6) is 0.719. The maximum atomic E-state index is 12.7. The van der Waals surface area contributed by atoms with E-state index in [0.717, 1.165) is 41.1 Å². The first kappa shape index (κ1) is 18.5. The Labute approximate surface area is 161 Å². The Morgan fingerprint density at radius 2 is 2.15 bits per heavy atom. The van der Waals surface area contributed by atoms with Gasteiger partial charge in [-0.15, -0.1) is 11.3 Å². The number of carbonyl (C=O) groups excluding carboxylic acids is 1. The highest BCUT2D eigenvalue weighted by Gasteiger charge is 2.36. The number of hydrogen-bond donors (Lipinski definition) is 3. The largest absolute Gasteiger partial charge is 0.455 e. The summed E-state index contributed by atoms with van der Waals surface area (Å²) in [6.45, 7) is 7.99. The number of nitrogens with zero attached hydrogens (tertiary/aromatic N) is 2. The minimum Gasteiger partial charge on any atom is -0.455 e. The van der Waals surface area contributed by atoms with Crippen LogP contribution < -0.4 is 16.5 Å². The Balaban J connectivity index is 1.97. The normalized spacial score (nSPS) is 17.0. The molecular weight excluding hydrogens is 370 g/mol. The number of anilines is 1. The van der Waals surface area contributed by atoms with Gasteiger partial charge in [0.2, 0.25) is 0 Å². The first-order valence-corrected chi connectivity index (χ1v) is 9.43. The SMILES string of the molecule is Cc1csc(NC(=O)c2oc3c(c2C)/C(=N\NC(N)=S)CC(C)(C)C3)n1. The molecule has 3 rings (SSSR count). The number of hydrazone groups is 1. The van der Waals surface area contributed by atoms with Gasteiger partial charge in [-0.3, -0.25) is 15.5 Å². The molecule has 0 radical (unpaired) electrons. The van der Waals surface area contributed by atoms with Crippen molar-refractivity contribution in [2.24, 2.45) is 16.3 Å². The molecule has 2 heterocycles. The van der Waals surface area contributed by atoms with Gasteiger partial charge in [-0.2, -0.15) is 5.10 Å². The summed E-state index contributed by atoms with van der Waals surface area (Å²) in [4.78, 5) is 16.9. The van der Waals surface area contributed by atoms with E-state index < -0.39 is 0 Å². The van der Waals surface area contributed by atoms with Crippen molar-refractivity contribution in [2.75, 3.05) is 5.32 Å². The molecule has 2 aromatic rings. The molecule has 138 valence electrons. The van der Waals surface area contributed by atoms with Gasteiger partial charge in [0.05, 0.1) is 11.4 Å². The van der Waals surface area contributed by atoms with Gasteiger partial charge in [-0.1, -0.05) is 13.8 Å². The maximum Gasteiger partial charge on any atom is 0.293 e. The lowest BCUT2D eigenvalue weighted by atomic mass is 9.75. The number of nitrogens with one attached hydrogen (secondary N) is 2. The minimum absolute atomic E-state index is 0.0474. The standard InChI is InChI=1S/C17H21N5O2S2/c1-8-7-26-16(19-8)20-14(23)13-9(2)12-10(21-22-15(18)25)5-17(3,4)6-11(12)24-13/h7H,5-6H2,1-4H3,(H3,18,22,25)(H,19,20,23)/b21-10-. The number of thiocarbonyl (C=S) groups is 1. The lowest BCUT2D eigenvalue weighted by molar-refractivity contribution is 0.0993. The fourth-order valence-electron chi connectivity index (χ4n) is 3.11. The molecule has 7 nitrogen and oxygen atoms in total. The molecule has 0 spiro atoms. The molecule has 0 saturated heterocycles. The number of nitrogens with two attached hydrogens (primary N) is 1. The molecule has 9 heteroatoms. The molecule has 0 bridgehead atoms. The van der Waals surface area contributed by atoms with Crippen LogP contribution in [0.1, 0.15) is 53.4 Å². The lowest BCUT2D eigenvalue weighted by Gasteiger charge is -2.29. The van der Waals surface area contributed by atoms with Gasteiger partial charge in [-0.25, -0.2) is 4.98 Å². The fourth-order valence-corrected chi connectivity index (χ4v) is 3.84. The number of hydrogen-bond acceptors (Lipinski definition) is 6. The molecule has 0 unspecified atom stereocenters. The smallest absolute Gasteiger partial charge is 0.293 e. The van der Waals surface area contributed by atoms with Crippen LogP contribution in [-0.2, 0) is 6.42 Å². The van der Waals surface area contributed by atoms with Gasteiger partial charge in [0.1, 0.15) is 5.76 Å². The number of thiazole rings is 1. The van der Waals surface area contributed by atoms with E-state index in [1.807, 2.05) is 19.2 Å². The average Bonchev–Trinajstić information content (AvgIpc) is 3.07. The van der Waals surface area contributed by atoms with Gasteiger partial charge in [0.15, 0.2) is 16.0 Å². The van der Waals surface area contributed by atoms with Crippen molar-refractivity contribution in [3.05, 3.63) is 33.7 Å². The van der Waals surface area contributed by atoms with Crippen LogP contribution in [0.2, 0.25) is 0 Å². The number of fused-ring (bicyclic) bond motifs is 1. The lowest BCUT2D eigenvalue weighted by Crippen LogP contribution is -2.31. The first-order chi connectivity index (χ1) is 12.2. The van der Waals surface area contributed by atoms with Crippen LogP contribution in [0.5, 0.6) is 0 Å². The summed E-state index contributed by atoms with van der Waals surface area (Å²) in [7, 11) is 0. The molecule has 0 aliphatic heterocycles. The van der Waals surface area contributed by atoms with Crippen molar-refractivity contribution >= 4 is 45.4 Å². The number of amides is 1. The van der Waals surface area contributed by atoms with E-state index in [4.69, 9.17) is 22.4 Å². The Morgan fingerprint density at radius 1 is 1.42 bits per heavy atom. The summed E-state index contributed by atoms with van der Waals surface area (Å²) in [6, 6.07) is 0. The van der Waals surface area contributed by atoms with E-state index in [1.54, 1.807) is 0 Å². The molecule has 1 aliphatic carbocycles. The first-order valence-electron chi connectivity index (χ1n) is 8.14. The Hall–Kier alpha value is -2.26. The molecule has 26 heavy (non-hydrogen) atoms. The molecule has 0 aromatic carbocycles. The predicted octanol–water partition coefficient (Wildman–Crippen LogP) is 3.11. The van der Waals surface area contributed by atoms with Crippen molar-refractivity contribution < 1.29 is 9.21 Å². The highest BCUT2D eigenvalue weighted by atomic mass is 32.1. The zero-order chi connectivity index (χ0) is 19.1. The third-order valence-electron chi connectivity index (χ3n) is 4.14. The molecule has 1 aliphatic rings. The maximum absolute atomic E-state index is 12.7. The number of rotatable bonds is 3. The number of aryl methyl sites for hydroxylation is 1. The zero-order valence-electron chi connectivity index (χ0n) is 15.1. The van der Waals surface area contributed by atoms with Crippen molar-refractivity contribution in [2.45, 2.75) is 40.5 Å². The second-order valence-corrected chi connectivity index (χ2v) is 8.45. The van der Waals surface area contributed by atoms with Crippen LogP contribution in [0.25, 0.3) is 0 Å². The summed E-state index contributed by atoms with van der Waals surface area (Å²) >= 11 is 6.22. The van der Waals surface area contributed by atoms with Gasteiger partial charge >= 0.3 is 0 Å². The second kappa shape index (κ2) is 6.81. The summed E-state index contributed by atoms with van der Waals surface area (Å²) in [5.41, 5.74) is 11.4. The van der Waals surface area contributed by atoms with E-state index in [9.17, 15) is 4.79 Å². The Morgan fingerprint density at radius 3 is 2.77 bits per heavy atom. The van der Waals surface area contributed by atoms with E-state index in [2.05, 4.69) is 34.7 Å². The second-order valence-electron chi connectivity index (χ2n) is 7.15. The van der Waals surface area contributed by atoms with Gasteiger partial charge in [0, 0.05) is 22.9 Å². The van der Waals surface area contributed by atoms with Crippen molar-refractivity contribution in [1.82, 2.24) is 10.4 Å². The molecule has 4 N–H and O–H groups in total. The Bertz CT molecular complexity index is 910. The van der Waals surface area contributed by atoms with E-state index >= 15 is 0 Å². The molecule has 0 fully saturated rings. The minimum atomic E-state index is -0.314. The highest BCUT2D eigenvalue weighted by molar-refractivity contribution is 7.80. The monoisotopic (exact) mass is 391 g/mol. The van der Waals surface area contributed by atoms with Gasteiger partial charge in [0.25, 0.3) is 5.91 Å². The topological polar surface area (TPSA) is 106 Å². The number of carbonyl (C=O) groups is 1. The van der Waals surface area contributed by atoms with Crippen LogP contribution in [0.3, 0.4) is 0 Å². The molecule has 0 saturated carbocycles. The van der Waals surface area contributed by atoms with Crippen LogP contribution in [0.15, 0.2) is 14.9 Å². The van der Waals surface area contributed by atoms with Crippen LogP contribution in [-0.4, -0.2) is 21.7 Å². The van der Waals surface area contributed by atoms with Crippen LogP contribution >= 0.6 is 23.6 Å². The predicted molar refractivity (Wildman–Crippen MR) is 107 cm³/mol. The summed E-state index contributed by atoms with van der Waals surface area (Å²) in [5, 5.41) is 9.66. The van der Waals surface area contributed by atoms with Gasteiger partial charge in [-0.05, 0) is 37.9 Å². The quantitative estimate of drug-likeness (QED) is 0.548. The van der Waals surface area contributed by atoms with E-state index in [0.29, 0.717) is 5.13 Å². The van der Waals surface area contributed by atoms with Crippen molar-refractivity contribution in [1.29, 1.82) is 0 Å². The molecule has 2 aromatic heterocycles. The van der Waals surface area contributed by atoms with Crippen molar-refractivity contribution in [3.63, 3.8) is 0 Å². The fraction of sp³-hybridized carbons (Fsp3) is 0.412. The summed E-state index contributed by atoms with van der Waals surface area (Å²) in [6.07, 6.45) is 1.45. The van der Waals surface area contributed by atoms with E-state index in [1.165, 1.54) is 11.3 Å². The van der Waals surface area contributed by atoms with Crippen LogP contribution in [0.4, 0.5) is 5.13 Å². The van der Waals surface area contributed by atoms with E-state index in [-0.39, 0.29) is 22.2 Å². The third-order valence-corrected chi connectivity index (χ3v) is 5.11. The average molecular weight is 392 g/mol. The highest BCUT2D eigenvalue weighted by Crippen LogP contribution is 2.39. The molecule has 0 atom stereocenters. The molecule has 1 amide bonds. The molecular formula is C17H21N5O2S2. The van der Waals surface area contributed by atoms with Gasteiger partial charge < -0.3 is 10.2 Å². The number of furan rings is 1. The number of aromatic nitrogens is 1. The zero-order valence-corrected chi connectivity index (χ0v) is 16.7. The Kier molecular flexibility index (Phi) is 4.85. The van der Waals surface area contributed by atoms with Crippen LogP contribution in [0, 0.1) is 19.3 Å².